The molecular formula is C15H18N4. The molecule has 2 rings (SSSR count). The van der Waals surface area contributed by atoms with Crippen LogP contribution in [0.15, 0.2) is 36.5 Å². The lowest BCUT2D eigenvalue weighted by molar-refractivity contribution is 0.629. The van der Waals surface area contributed by atoms with Gasteiger partial charge in [0.2, 0.25) is 0 Å². The van der Waals surface area contributed by atoms with Crippen molar-refractivity contribution < 1.29 is 0 Å². The zero-order valence-electron chi connectivity index (χ0n) is 10.9. The van der Waals surface area contributed by atoms with E-state index in [4.69, 9.17) is 5.26 Å². The van der Waals surface area contributed by atoms with Crippen LogP contribution in [0.25, 0.3) is 11.3 Å². The third kappa shape index (κ3) is 3.94. The molecule has 0 aliphatic heterocycles. The van der Waals surface area contributed by atoms with Gasteiger partial charge in [-0.15, -0.1) is 0 Å². The molecule has 0 bridgehead atoms. The molecule has 0 amide bonds. The second-order valence-corrected chi connectivity index (χ2v) is 4.43. The van der Waals surface area contributed by atoms with Gasteiger partial charge in [-0.25, -0.2) is 0 Å². The number of H-pyrrole nitrogens is 1. The van der Waals surface area contributed by atoms with Crippen LogP contribution in [0.5, 0.6) is 0 Å². The van der Waals surface area contributed by atoms with E-state index in [1.165, 1.54) is 5.56 Å². The third-order valence-corrected chi connectivity index (χ3v) is 2.99. The molecule has 4 heteroatoms. The van der Waals surface area contributed by atoms with Crippen molar-refractivity contribution in [2.75, 3.05) is 6.54 Å². The summed E-state index contributed by atoms with van der Waals surface area (Å²) < 4.78 is 0. The normalized spacial score (nSPS) is 10.3. The summed E-state index contributed by atoms with van der Waals surface area (Å²) >= 11 is 0. The first kappa shape index (κ1) is 13.3. The number of hydrogen-bond acceptors (Lipinski definition) is 3. The molecule has 0 unspecified atom stereocenters. The highest BCUT2D eigenvalue weighted by Crippen LogP contribution is 2.20. The van der Waals surface area contributed by atoms with Crippen molar-refractivity contribution in [3.8, 4) is 17.3 Å². The van der Waals surface area contributed by atoms with Gasteiger partial charge in [-0.3, -0.25) is 5.10 Å². The van der Waals surface area contributed by atoms with Gasteiger partial charge in [-0.05, 0) is 24.9 Å². The van der Waals surface area contributed by atoms with Gasteiger partial charge in [0.05, 0.1) is 18.0 Å². The topological polar surface area (TPSA) is 64.5 Å². The Kier molecular flexibility index (Phi) is 5.15. The van der Waals surface area contributed by atoms with Gasteiger partial charge in [-0.2, -0.15) is 10.4 Å². The summed E-state index contributed by atoms with van der Waals surface area (Å²) in [5.74, 6) is 0. The molecule has 0 atom stereocenters. The number of aromatic nitrogens is 2. The fourth-order valence-corrected chi connectivity index (χ4v) is 1.98. The van der Waals surface area contributed by atoms with Crippen LogP contribution in [-0.2, 0) is 6.54 Å². The molecule has 2 aromatic rings. The van der Waals surface area contributed by atoms with Crippen LogP contribution in [0.4, 0.5) is 0 Å². The highest BCUT2D eigenvalue weighted by atomic mass is 15.1. The van der Waals surface area contributed by atoms with Gasteiger partial charge in [0, 0.05) is 18.5 Å². The molecule has 19 heavy (non-hydrogen) atoms. The predicted octanol–water partition coefficient (Wildman–Crippen LogP) is 2.86. The largest absolute Gasteiger partial charge is 0.313 e. The smallest absolute Gasteiger partial charge is 0.0695 e. The fraction of sp³-hybridized carbons (Fsp3) is 0.333. The van der Waals surface area contributed by atoms with Crippen molar-refractivity contribution >= 4 is 0 Å². The summed E-state index contributed by atoms with van der Waals surface area (Å²) in [6.07, 6.45) is 4.50. The number of rotatable bonds is 7. The molecule has 2 N–H and O–H groups in total. The van der Waals surface area contributed by atoms with E-state index in [9.17, 15) is 0 Å². The van der Waals surface area contributed by atoms with Crippen LogP contribution >= 0.6 is 0 Å². The maximum absolute atomic E-state index is 8.45. The van der Waals surface area contributed by atoms with Crippen molar-refractivity contribution in [2.45, 2.75) is 25.8 Å². The number of nitriles is 1. The van der Waals surface area contributed by atoms with Gasteiger partial charge in [0.1, 0.15) is 0 Å². The summed E-state index contributed by atoms with van der Waals surface area (Å²) in [6, 6.07) is 12.4. The quantitative estimate of drug-likeness (QED) is 0.747. The first-order valence-electron chi connectivity index (χ1n) is 6.57. The Labute approximate surface area is 113 Å². The van der Waals surface area contributed by atoms with Crippen LogP contribution in [-0.4, -0.2) is 16.7 Å². The SMILES string of the molecule is N#CCCCCNCc1cn[nH]c1-c1ccccc1. The van der Waals surface area contributed by atoms with E-state index < -0.39 is 0 Å². The standard InChI is InChI=1S/C15H18N4/c16-9-5-2-6-10-17-11-14-12-18-19-15(14)13-7-3-1-4-8-13/h1,3-4,7-8,12,17H,2,5-6,10-11H2,(H,18,19). The third-order valence-electron chi connectivity index (χ3n) is 2.99. The lowest BCUT2D eigenvalue weighted by atomic mass is 10.1. The monoisotopic (exact) mass is 254 g/mol. The summed E-state index contributed by atoms with van der Waals surface area (Å²) in [5, 5.41) is 19.0. The number of aromatic amines is 1. The molecule has 0 radical (unpaired) electrons. The number of hydrogen-bond donors (Lipinski definition) is 2. The van der Waals surface area contributed by atoms with Crippen LogP contribution in [0.3, 0.4) is 0 Å². The Bertz CT molecular complexity index is 525. The minimum atomic E-state index is 0.642. The van der Waals surface area contributed by atoms with Crippen molar-refractivity contribution in [3.05, 3.63) is 42.1 Å². The first-order valence-corrected chi connectivity index (χ1v) is 6.57. The highest BCUT2D eigenvalue weighted by molar-refractivity contribution is 5.62. The van der Waals surface area contributed by atoms with Crippen molar-refractivity contribution in [3.63, 3.8) is 0 Å². The Hall–Kier alpha value is -2.12. The van der Waals surface area contributed by atoms with E-state index in [0.717, 1.165) is 37.2 Å². The summed E-state index contributed by atoms with van der Waals surface area (Å²) in [6.45, 7) is 1.73. The molecular weight excluding hydrogens is 236 g/mol. The Balaban J connectivity index is 1.85. The van der Waals surface area contributed by atoms with Crippen LogP contribution in [0, 0.1) is 11.3 Å². The number of benzene rings is 1. The molecule has 0 fully saturated rings. The first-order chi connectivity index (χ1) is 9.42. The summed E-state index contributed by atoms with van der Waals surface area (Å²) in [4.78, 5) is 0. The van der Waals surface area contributed by atoms with Crippen LogP contribution < -0.4 is 5.32 Å². The fourth-order valence-electron chi connectivity index (χ4n) is 1.98. The molecule has 0 spiro atoms. The van der Waals surface area contributed by atoms with Crippen molar-refractivity contribution in [2.24, 2.45) is 0 Å². The van der Waals surface area contributed by atoms with Gasteiger partial charge < -0.3 is 5.32 Å². The molecule has 1 heterocycles. The molecule has 0 saturated heterocycles. The van der Waals surface area contributed by atoms with Crippen molar-refractivity contribution in [1.82, 2.24) is 15.5 Å². The molecule has 1 aromatic carbocycles. The van der Waals surface area contributed by atoms with Gasteiger partial charge in [0.15, 0.2) is 0 Å². The van der Waals surface area contributed by atoms with E-state index in [2.05, 4.69) is 33.7 Å². The van der Waals surface area contributed by atoms with Gasteiger partial charge >= 0.3 is 0 Å². The van der Waals surface area contributed by atoms with E-state index in [0.29, 0.717) is 6.42 Å². The van der Waals surface area contributed by atoms with Crippen LogP contribution in [0.2, 0.25) is 0 Å². The molecule has 0 saturated carbocycles. The molecule has 0 aliphatic carbocycles. The zero-order valence-corrected chi connectivity index (χ0v) is 10.9. The van der Waals surface area contributed by atoms with E-state index >= 15 is 0 Å². The lowest BCUT2D eigenvalue weighted by Gasteiger charge is -2.05. The van der Waals surface area contributed by atoms with E-state index in [1.54, 1.807) is 0 Å². The van der Waals surface area contributed by atoms with E-state index in [1.807, 2.05) is 24.4 Å². The minimum Gasteiger partial charge on any atom is -0.313 e. The average molecular weight is 254 g/mol. The average Bonchev–Trinajstić information content (AvgIpc) is 2.92. The summed E-state index contributed by atoms with van der Waals surface area (Å²) in [5.41, 5.74) is 3.40. The highest BCUT2D eigenvalue weighted by Gasteiger charge is 2.06. The lowest BCUT2D eigenvalue weighted by Crippen LogP contribution is -2.14. The molecule has 98 valence electrons. The Morgan fingerprint density at radius 2 is 2.05 bits per heavy atom. The Morgan fingerprint density at radius 3 is 2.84 bits per heavy atom. The molecule has 0 aliphatic rings. The molecule has 1 aromatic heterocycles. The second kappa shape index (κ2) is 7.34. The minimum absolute atomic E-state index is 0.642. The predicted molar refractivity (Wildman–Crippen MR) is 75.2 cm³/mol. The maximum atomic E-state index is 8.45. The molecule has 4 nitrogen and oxygen atoms in total. The maximum Gasteiger partial charge on any atom is 0.0695 e. The zero-order chi connectivity index (χ0) is 13.3. The van der Waals surface area contributed by atoms with Gasteiger partial charge in [-0.1, -0.05) is 30.3 Å². The number of nitrogens with zero attached hydrogens (tertiary/aromatic N) is 2. The van der Waals surface area contributed by atoms with Gasteiger partial charge in [0.25, 0.3) is 0 Å². The van der Waals surface area contributed by atoms with Crippen LogP contribution in [0.1, 0.15) is 24.8 Å². The number of nitrogens with one attached hydrogen (secondary N) is 2. The second-order valence-electron chi connectivity index (χ2n) is 4.43. The van der Waals surface area contributed by atoms with Crippen molar-refractivity contribution in [1.29, 1.82) is 5.26 Å². The van der Waals surface area contributed by atoms with E-state index in [-0.39, 0.29) is 0 Å². The number of unbranched alkanes of at least 4 members (excludes halogenated alkanes) is 2. The Morgan fingerprint density at radius 1 is 1.21 bits per heavy atom. The summed E-state index contributed by atoms with van der Waals surface area (Å²) in [7, 11) is 0.